The first kappa shape index (κ1) is 9.58. The molecule has 4 heteroatoms. The van der Waals surface area contributed by atoms with E-state index in [2.05, 4.69) is 4.98 Å². The lowest BCUT2D eigenvalue weighted by Crippen LogP contribution is -2.01. The number of aromatic amines is 1. The normalized spacial score (nSPS) is 10.3. The molecule has 1 aromatic heterocycles. The van der Waals surface area contributed by atoms with E-state index < -0.39 is 11.6 Å². The maximum absolute atomic E-state index is 13.3. The van der Waals surface area contributed by atoms with E-state index in [1.54, 1.807) is 0 Å². The Bertz CT molecular complexity index is 528. The molecule has 0 bridgehead atoms. The summed E-state index contributed by atoms with van der Waals surface area (Å²) in [5.74, 6) is -1.28. The molecular weight excluding hydrogens is 200 g/mol. The molecule has 76 valence electrons. The van der Waals surface area contributed by atoms with Crippen LogP contribution in [0.25, 0.3) is 11.1 Å². The number of H-pyrrole nitrogens is 1. The second-order valence-electron chi connectivity index (χ2n) is 3.07. The van der Waals surface area contributed by atoms with Crippen LogP contribution in [0.15, 0.2) is 41.3 Å². The van der Waals surface area contributed by atoms with Gasteiger partial charge in [0.25, 0.3) is 0 Å². The Morgan fingerprint density at radius 2 is 1.87 bits per heavy atom. The van der Waals surface area contributed by atoms with Gasteiger partial charge in [0.1, 0.15) is 11.6 Å². The number of hydrogen-bond donors (Lipinski definition) is 1. The van der Waals surface area contributed by atoms with Crippen LogP contribution in [-0.4, -0.2) is 4.98 Å². The van der Waals surface area contributed by atoms with E-state index in [9.17, 15) is 13.6 Å². The third kappa shape index (κ3) is 1.93. The van der Waals surface area contributed by atoms with Crippen LogP contribution >= 0.6 is 0 Å². The molecule has 0 aliphatic heterocycles. The van der Waals surface area contributed by atoms with E-state index in [0.717, 1.165) is 6.07 Å². The lowest BCUT2D eigenvalue weighted by Gasteiger charge is -2.02. The molecule has 2 nitrogen and oxygen atoms in total. The van der Waals surface area contributed by atoms with Gasteiger partial charge in [-0.05, 0) is 18.2 Å². The third-order valence-corrected chi connectivity index (χ3v) is 2.03. The predicted molar refractivity (Wildman–Crippen MR) is 52.4 cm³/mol. The highest BCUT2D eigenvalue weighted by Gasteiger charge is 2.05. The number of pyridine rings is 1. The lowest BCUT2D eigenvalue weighted by molar-refractivity contribution is 0.585. The van der Waals surface area contributed by atoms with Crippen LogP contribution in [0, 0.1) is 11.6 Å². The maximum atomic E-state index is 13.3. The van der Waals surface area contributed by atoms with Crippen molar-refractivity contribution in [2.75, 3.05) is 0 Å². The Morgan fingerprint density at radius 1 is 1.07 bits per heavy atom. The summed E-state index contributed by atoms with van der Waals surface area (Å²) in [5, 5.41) is 0. The van der Waals surface area contributed by atoms with E-state index in [4.69, 9.17) is 0 Å². The van der Waals surface area contributed by atoms with E-state index in [0.29, 0.717) is 5.56 Å². The van der Waals surface area contributed by atoms with Crippen LogP contribution in [-0.2, 0) is 0 Å². The van der Waals surface area contributed by atoms with E-state index >= 15 is 0 Å². The zero-order valence-corrected chi connectivity index (χ0v) is 7.63. The van der Waals surface area contributed by atoms with Crippen molar-refractivity contribution in [1.82, 2.24) is 4.98 Å². The Kier molecular flexibility index (Phi) is 2.33. The van der Waals surface area contributed by atoms with Gasteiger partial charge in [-0.2, -0.15) is 0 Å². The van der Waals surface area contributed by atoms with Crippen molar-refractivity contribution in [2.45, 2.75) is 0 Å². The first-order valence-corrected chi connectivity index (χ1v) is 4.31. The van der Waals surface area contributed by atoms with Gasteiger partial charge < -0.3 is 4.98 Å². The highest BCUT2D eigenvalue weighted by molar-refractivity contribution is 5.62. The molecule has 2 aromatic rings. The number of aromatic nitrogens is 1. The average molecular weight is 207 g/mol. The highest BCUT2D eigenvalue weighted by Crippen LogP contribution is 2.21. The third-order valence-electron chi connectivity index (χ3n) is 2.03. The van der Waals surface area contributed by atoms with E-state index in [1.165, 1.54) is 30.5 Å². The fourth-order valence-corrected chi connectivity index (χ4v) is 1.30. The van der Waals surface area contributed by atoms with Gasteiger partial charge in [-0.15, -0.1) is 0 Å². The molecule has 1 N–H and O–H groups in total. The molecule has 2 rings (SSSR count). The summed E-state index contributed by atoms with van der Waals surface area (Å²) in [5.41, 5.74) is 0.501. The second kappa shape index (κ2) is 3.65. The minimum atomic E-state index is -0.651. The highest BCUT2D eigenvalue weighted by atomic mass is 19.1. The molecule has 0 saturated heterocycles. The molecule has 0 unspecified atom stereocenters. The summed E-state index contributed by atoms with van der Waals surface area (Å²) < 4.78 is 25.9. The zero-order chi connectivity index (χ0) is 10.8. The van der Waals surface area contributed by atoms with Crippen LogP contribution in [0.5, 0.6) is 0 Å². The maximum Gasteiger partial charge on any atom is 0.247 e. The Balaban J connectivity index is 2.54. The molecule has 0 fully saturated rings. The molecular formula is C11H7F2NO. The molecule has 0 radical (unpaired) electrons. The molecule has 15 heavy (non-hydrogen) atoms. The van der Waals surface area contributed by atoms with Gasteiger partial charge in [0.2, 0.25) is 5.56 Å². The van der Waals surface area contributed by atoms with Crippen molar-refractivity contribution in [3.63, 3.8) is 0 Å². The summed E-state index contributed by atoms with van der Waals surface area (Å²) in [7, 11) is 0. The average Bonchev–Trinajstić information content (AvgIpc) is 2.20. The number of benzene rings is 1. The standard InChI is InChI=1S/C11H7F2NO/c12-8-2-3-9(10(13)5-8)7-1-4-11(15)14-6-7/h1-6H,(H,14,15). The van der Waals surface area contributed by atoms with Crippen molar-refractivity contribution in [1.29, 1.82) is 0 Å². The van der Waals surface area contributed by atoms with Crippen LogP contribution in [0.1, 0.15) is 0 Å². The summed E-state index contributed by atoms with van der Waals surface area (Å²) in [4.78, 5) is 13.2. The summed E-state index contributed by atoms with van der Waals surface area (Å²) in [6.07, 6.45) is 1.39. The van der Waals surface area contributed by atoms with Gasteiger partial charge in [0.15, 0.2) is 0 Å². The summed E-state index contributed by atoms with van der Waals surface area (Å²) >= 11 is 0. The topological polar surface area (TPSA) is 32.9 Å². The fraction of sp³-hybridized carbons (Fsp3) is 0. The molecule has 0 amide bonds. The van der Waals surface area contributed by atoms with E-state index in [1.807, 2.05) is 0 Å². The first-order valence-electron chi connectivity index (χ1n) is 4.31. The molecule has 0 aliphatic rings. The Hall–Kier alpha value is -1.97. The Morgan fingerprint density at radius 3 is 2.47 bits per heavy atom. The molecule has 0 atom stereocenters. The number of nitrogens with one attached hydrogen (secondary N) is 1. The smallest absolute Gasteiger partial charge is 0.247 e. The molecule has 1 heterocycles. The Labute approximate surface area is 84.2 Å². The number of rotatable bonds is 1. The quantitative estimate of drug-likeness (QED) is 0.764. The predicted octanol–water partition coefficient (Wildman–Crippen LogP) is 2.32. The minimum absolute atomic E-state index is 0.257. The van der Waals surface area contributed by atoms with Gasteiger partial charge in [-0.3, -0.25) is 4.79 Å². The monoisotopic (exact) mass is 207 g/mol. The van der Waals surface area contributed by atoms with Crippen LogP contribution in [0.2, 0.25) is 0 Å². The number of hydrogen-bond acceptors (Lipinski definition) is 1. The van der Waals surface area contributed by atoms with Crippen LogP contribution in [0.3, 0.4) is 0 Å². The van der Waals surface area contributed by atoms with Gasteiger partial charge in [0, 0.05) is 29.5 Å². The van der Waals surface area contributed by atoms with Gasteiger partial charge >= 0.3 is 0 Å². The van der Waals surface area contributed by atoms with Crippen LogP contribution < -0.4 is 5.56 Å². The largest absolute Gasteiger partial charge is 0.328 e. The van der Waals surface area contributed by atoms with Gasteiger partial charge in [-0.1, -0.05) is 0 Å². The molecule has 0 spiro atoms. The fourth-order valence-electron chi connectivity index (χ4n) is 1.30. The van der Waals surface area contributed by atoms with Crippen LogP contribution in [0.4, 0.5) is 8.78 Å². The summed E-state index contributed by atoms with van der Waals surface area (Å²) in [6, 6.07) is 6.08. The van der Waals surface area contributed by atoms with Crippen molar-refractivity contribution in [3.8, 4) is 11.1 Å². The van der Waals surface area contributed by atoms with E-state index in [-0.39, 0.29) is 11.1 Å². The SMILES string of the molecule is O=c1ccc(-c2ccc(F)cc2F)c[nH]1. The minimum Gasteiger partial charge on any atom is -0.328 e. The molecule has 1 aromatic carbocycles. The van der Waals surface area contributed by atoms with Gasteiger partial charge in [0.05, 0.1) is 0 Å². The van der Waals surface area contributed by atoms with Gasteiger partial charge in [-0.25, -0.2) is 8.78 Å². The molecule has 0 aliphatic carbocycles. The molecule has 0 saturated carbocycles. The summed E-state index contributed by atoms with van der Waals surface area (Å²) in [6.45, 7) is 0. The number of halogens is 2. The van der Waals surface area contributed by atoms with Crippen molar-refractivity contribution >= 4 is 0 Å². The van der Waals surface area contributed by atoms with Crippen molar-refractivity contribution in [3.05, 3.63) is 58.5 Å². The zero-order valence-electron chi connectivity index (χ0n) is 7.63. The first-order chi connectivity index (χ1) is 7.16. The second-order valence-corrected chi connectivity index (χ2v) is 3.07. The van der Waals surface area contributed by atoms with Crippen molar-refractivity contribution < 1.29 is 8.78 Å². The lowest BCUT2D eigenvalue weighted by atomic mass is 10.1. The van der Waals surface area contributed by atoms with Crippen molar-refractivity contribution in [2.24, 2.45) is 0 Å².